The molecule has 0 saturated heterocycles. The van der Waals surface area contributed by atoms with Crippen molar-refractivity contribution in [3.8, 4) is 11.3 Å². The maximum Gasteiger partial charge on any atom is 0.134 e. The molecule has 0 atom stereocenters. The summed E-state index contributed by atoms with van der Waals surface area (Å²) in [4.78, 5) is 0. The van der Waals surface area contributed by atoms with Gasteiger partial charge in [-0.15, -0.1) is 12.4 Å². The first-order chi connectivity index (χ1) is 9.31. The van der Waals surface area contributed by atoms with Crippen LogP contribution >= 0.6 is 28.3 Å². The molecule has 0 amide bonds. The molecule has 0 aliphatic heterocycles. The lowest BCUT2D eigenvalue weighted by molar-refractivity contribution is 0.452. The van der Waals surface area contributed by atoms with E-state index in [0.29, 0.717) is 6.04 Å². The Kier molecular flexibility index (Phi) is 5.70. The minimum Gasteiger partial charge on any atom is -0.460 e. The van der Waals surface area contributed by atoms with Crippen molar-refractivity contribution < 1.29 is 4.42 Å². The average molecular weight is 357 g/mol. The van der Waals surface area contributed by atoms with Crippen molar-refractivity contribution in [1.82, 2.24) is 5.32 Å². The molecule has 1 saturated carbocycles. The SMILES string of the molecule is Brc1ccc(-c2ccc(CNC3CCCC3)o2)cc1.Cl. The van der Waals surface area contributed by atoms with Crippen LogP contribution < -0.4 is 5.32 Å². The standard InChI is InChI=1S/C16H18BrNO.ClH/c17-13-7-5-12(6-8-13)16-10-9-15(19-16)11-18-14-3-1-2-4-14;/h5-10,14,18H,1-4,11H2;1H. The summed E-state index contributed by atoms with van der Waals surface area (Å²) in [5, 5.41) is 3.57. The van der Waals surface area contributed by atoms with Crippen molar-refractivity contribution in [1.29, 1.82) is 0 Å². The van der Waals surface area contributed by atoms with Crippen LogP contribution in [0.1, 0.15) is 31.4 Å². The molecule has 2 aromatic rings. The van der Waals surface area contributed by atoms with E-state index < -0.39 is 0 Å². The van der Waals surface area contributed by atoms with E-state index in [-0.39, 0.29) is 12.4 Å². The summed E-state index contributed by atoms with van der Waals surface area (Å²) < 4.78 is 6.98. The highest BCUT2D eigenvalue weighted by atomic mass is 79.9. The fourth-order valence-electron chi connectivity index (χ4n) is 2.62. The van der Waals surface area contributed by atoms with E-state index in [0.717, 1.165) is 28.1 Å². The number of rotatable bonds is 4. The summed E-state index contributed by atoms with van der Waals surface area (Å²) in [5.41, 5.74) is 1.12. The molecule has 0 unspecified atom stereocenters. The van der Waals surface area contributed by atoms with Crippen LogP contribution in [0.4, 0.5) is 0 Å². The van der Waals surface area contributed by atoms with Crippen LogP contribution in [-0.2, 0) is 6.54 Å². The first kappa shape index (κ1) is 15.6. The van der Waals surface area contributed by atoms with Gasteiger partial charge in [0.2, 0.25) is 0 Å². The third kappa shape index (κ3) is 3.87. The van der Waals surface area contributed by atoms with Gasteiger partial charge in [-0.3, -0.25) is 0 Å². The molecule has 1 aromatic heterocycles. The van der Waals surface area contributed by atoms with Crippen LogP contribution in [0.3, 0.4) is 0 Å². The summed E-state index contributed by atoms with van der Waals surface area (Å²) in [6, 6.07) is 13.0. The third-order valence-electron chi connectivity index (χ3n) is 3.71. The molecule has 1 heterocycles. The van der Waals surface area contributed by atoms with Gasteiger partial charge in [-0.1, -0.05) is 40.9 Å². The van der Waals surface area contributed by atoms with Gasteiger partial charge in [-0.2, -0.15) is 0 Å². The molecule has 0 radical (unpaired) electrons. The van der Waals surface area contributed by atoms with Crippen molar-refractivity contribution in [3.05, 3.63) is 46.6 Å². The minimum absolute atomic E-state index is 0. The Labute approximate surface area is 134 Å². The van der Waals surface area contributed by atoms with Crippen LogP contribution in [0, 0.1) is 0 Å². The van der Waals surface area contributed by atoms with E-state index >= 15 is 0 Å². The van der Waals surface area contributed by atoms with Gasteiger partial charge in [0.1, 0.15) is 11.5 Å². The maximum absolute atomic E-state index is 5.89. The third-order valence-corrected chi connectivity index (χ3v) is 4.24. The molecule has 1 fully saturated rings. The molecule has 1 aliphatic rings. The van der Waals surface area contributed by atoms with Crippen molar-refractivity contribution in [2.24, 2.45) is 0 Å². The van der Waals surface area contributed by atoms with Gasteiger partial charge in [0.25, 0.3) is 0 Å². The van der Waals surface area contributed by atoms with E-state index in [4.69, 9.17) is 4.42 Å². The molecule has 20 heavy (non-hydrogen) atoms. The van der Waals surface area contributed by atoms with Crippen LogP contribution in [0.15, 0.2) is 45.3 Å². The average Bonchev–Trinajstić information content (AvgIpc) is 3.09. The van der Waals surface area contributed by atoms with E-state index in [2.05, 4.69) is 45.5 Å². The number of benzene rings is 1. The molecule has 2 nitrogen and oxygen atoms in total. The fraction of sp³-hybridized carbons (Fsp3) is 0.375. The van der Waals surface area contributed by atoms with Crippen LogP contribution in [0.25, 0.3) is 11.3 Å². The van der Waals surface area contributed by atoms with Gasteiger partial charge < -0.3 is 9.73 Å². The highest BCUT2D eigenvalue weighted by molar-refractivity contribution is 9.10. The number of hydrogen-bond donors (Lipinski definition) is 1. The van der Waals surface area contributed by atoms with Gasteiger partial charge in [-0.25, -0.2) is 0 Å². The molecule has 4 heteroatoms. The topological polar surface area (TPSA) is 25.2 Å². The predicted molar refractivity (Wildman–Crippen MR) is 88.2 cm³/mol. The van der Waals surface area contributed by atoms with Crippen molar-refractivity contribution in [2.45, 2.75) is 38.3 Å². The highest BCUT2D eigenvalue weighted by Crippen LogP contribution is 2.24. The Balaban J connectivity index is 0.00000147. The second-order valence-corrected chi connectivity index (χ2v) is 6.05. The Morgan fingerprint density at radius 1 is 1.05 bits per heavy atom. The number of furan rings is 1. The maximum atomic E-state index is 5.89. The summed E-state index contributed by atoms with van der Waals surface area (Å²) in [6.07, 6.45) is 5.33. The molecule has 0 spiro atoms. The zero-order chi connectivity index (χ0) is 13.1. The first-order valence-electron chi connectivity index (χ1n) is 6.89. The van der Waals surface area contributed by atoms with Crippen LogP contribution in [0.5, 0.6) is 0 Å². The predicted octanol–water partition coefficient (Wildman–Crippen LogP) is 5.16. The summed E-state index contributed by atoms with van der Waals surface area (Å²) >= 11 is 3.45. The molecular weight excluding hydrogens is 338 g/mol. The lowest BCUT2D eigenvalue weighted by Gasteiger charge is -2.09. The molecule has 1 N–H and O–H groups in total. The van der Waals surface area contributed by atoms with Crippen LogP contribution in [0.2, 0.25) is 0 Å². The molecule has 0 bridgehead atoms. The summed E-state index contributed by atoms with van der Waals surface area (Å²) in [7, 11) is 0. The molecule has 3 rings (SSSR count). The molecule has 1 aliphatic carbocycles. The monoisotopic (exact) mass is 355 g/mol. The van der Waals surface area contributed by atoms with Crippen molar-refractivity contribution >= 4 is 28.3 Å². The number of nitrogens with one attached hydrogen (secondary N) is 1. The van der Waals surface area contributed by atoms with E-state index in [9.17, 15) is 0 Å². The molecule has 108 valence electrons. The zero-order valence-electron chi connectivity index (χ0n) is 11.3. The molecular formula is C16H19BrClNO. The van der Waals surface area contributed by atoms with Gasteiger partial charge in [0.05, 0.1) is 6.54 Å². The second kappa shape index (κ2) is 7.30. The van der Waals surface area contributed by atoms with E-state index in [1.54, 1.807) is 0 Å². The van der Waals surface area contributed by atoms with Crippen molar-refractivity contribution in [3.63, 3.8) is 0 Å². The number of halogens is 2. The normalized spacial score (nSPS) is 15.2. The summed E-state index contributed by atoms with van der Waals surface area (Å²) in [5.74, 6) is 1.96. The molecule has 1 aromatic carbocycles. The lowest BCUT2D eigenvalue weighted by Crippen LogP contribution is -2.24. The summed E-state index contributed by atoms with van der Waals surface area (Å²) in [6.45, 7) is 0.835. The minimum atomic E-state index is 0. The van der Waals surface area contributed by atoms with E-state index in [1.165, 1.54) is 25.7 Å². The lowest BCUT2D eigenvalue weighted by atomic mass is 10.2. The quantitative estimate of drug-likeness (QED) is 0.818. The largest absolute Gasteiger partial charge is 0.460 e. The van der Waals surface area contributed by atoms with Gasteiger partial charge in [-0.05, 0) is 37.1 Å². The first-order valence-corrected chi connectivity index (χ1v) is 7.68. The number of hydrogen-bond acceptors (Lipinski definition) is 2. The van der Waals surface area contributed by atoms with Gasteiger partial charge in [0.15, 0.2) is 0 Å². The second-order valence-electron chi connectivity index (χ2n) is 5.14. The smallest absolute Gasteiger partial charge is 0.134 e. The van der Waals surface area contributed by atoms with Gasteiger partial charge in [0, 0.05) is 16.1 Å². The van der Waals surface area contributed by atoms with Gasteiger partial charge >= 0.3 is 0 Å². The Morgan fingerprint density at radius 2 is 1.75 bits per heavy atom. The Bertz CT molecular complexity index is 532. The van der Waals surface area contributed by atoms with Crippen molar-refractivity contribution in [2.75, 3.05) is 0 Å². The Hall–Kier alpha value is -0.770. The highest BCUT2D eigenvalue weighted by Gasteiger charge is 2.14. The Morgan fingerprint density at radius 3 is 2.45 bits per heavy atom. The van der Waals surface area contributed by atoms with E-state index in [1.807, 2.05) is 12.1 Å². The van der Waals surface area contributed by atoms with Crippen LogP contribution in [-0.4, -0.2) is 6.04 Å². The fourth-order valence-corrected chi connectivity index (χ4v) is 2.88. The zero-order valence-corrected chi connectivity index (χ0v) is 13.7.